The van der Waals surface area contributed by atoms with Crippen molar-refractivity contribution in [3.63, 3.8) is 0 Å². The van der Waals surface area contributed by atoms with Crippen molar-refractivity contribution in [2.75, 3.05) is 7.11 Å². The molecule has 1 aliphatic carbocycles. The van der Waals surface area contributed by atoms with E-state index in [1.807, 2.05) is 11.0 Å². The molecule has 0 atom stereocenters. The van der Waals surface area contributed by atoms with E-state index >= 15 is 0 Å². The Morgan fingerprint density at radius 2 is 1.96 bits per heavy atom. The van der Waals surface area contributed by atoms with Crippen LogP contribution in [0.1, 0.15) is 30.4 Å². The lowest BCUT2D eigenvalue weighted by Gasteiger charge is -2.23. The molecule has 0 heterocycles. The molecule has 1 amide bonds. The van der Waals surface area contributed by atoms with Gasteiger partial charge < -0.3 is 19.5 Å². The molecule has 2 aromatic carbocycles. The van der Waals surface area contributed by atoms with Gasteiger partial charge in [-0.1, -0.05) is 24.3 Å². The van der Waals surface area contributed by atoms with E-state index in [2.05, 4.69) is 4.74 Å². The first-order valence-corrected chi connectivity index (χ1v) is 9.16. The second kappa shape index (κ2) is 8.91. The standard InChI is InChI=1S/C21H23F2NO4/c1-27-19-12-14(6-10-18(19)28-21(22)23)13-24(16-8-9-16)20(26)11-7-15-4-2-3-5-17(15)25/h2-6,10,12,16,21,25H,7-9,11,13H2,1H3. The molecule has 28 heavy (non-hydrogen) atoms. The molecule has 0 unspecified atom stereocenters. The number of carbonyl (C=O) groups is 1. The van der Waals surface area contributed by atoms with E-state index in [9.17, 15) is 18.7 Å². The number of rotatable bonds is 9. The van der Waals surface area contributed by atoms with Gasteiger partial charge in [-0.2, -0.15) is 8.78 Å². The third-order valence-corrected chi connectivity index (χ3v) is 4.70. The molecule has 1 fully saturated rings. The number of benzene rings is 2. The highest BCUT2D eigenvalue weighted by Gasteiger charge is 2.32. The average molecular weight is 391 g/mol. The van der Waals surface area contributed by atoms with Crippen LogP contribution < -0.4 is 9.47 Å². The quantitative estimate of drug-likeness (QED) is 0.698. The van der Waals surface area contributed by atoms with Crippen molar-refractivity contribution in [2.24, 2.45) is 0 Å². The van der Waals surface area contributed by atoms with Crippen LogP contribution in [0.4, 0.5) is 8.78 Å². The minimum absolute atomic E-state index is 0.00220. The van der Waals surface area contributed by atoms with E-state index in [1.165, 1.54) is 13.2 Å². The molecule has 0 spiro atoms. The normalized spacial score (nSPS) is 13.4. The first kappa shape index (κ1) is 19.9. The molecule has 7 heteroatoms. The smallest absolute Gasteiger partial charge is 0.387 e. The van der Waals surface area contributed by atoms with Crippen molar-refractivity contribution >= 4 is 5.91 Å². The number of phenols is 1. The number of amides is 1. The van der Waals surface area contributed by atoms with Gasteiger partial charge in [-0.15, -0.1) is 0 Å². The summed E-state index contributed by atoms with van der Waals surface area (Å²) in [5, 5.41) is 9.86. The van der Waals surface area contributed by atoms with Crippen molar-refractivity contribution in [1.82, 2.24) is 4.90 Å². The molecule has 150 valence electrons. The molecule has 0 saturated heterocycles. The Labute approximate surface area is 162 Å². The molecule has 1 N–H and O–H groups in total. The summed E-state index contributed by atoms with van der Waals surface area (Å²) in [6.45, 7) is -2.56. The molecule has 5 nitrogen and oxygen atoms in total. The average Bonchev–Trinajstić information content (AvgIpc) is 3.50. The van der Waals surface area contributed by atoms with Crippen molar-refractivity contribution < 1.29 is 28.2 Å². The fraction of sp³-hybridized carbons (Fsp3) is 0.381. The van der Waals surface area contributed by atoms with Crippen LogP contribution in [0.5, 0.6) is 17.2 Å². The Morgan fingerprint density at radius 3 is 2.61 bits per heavy atom. The van der Waals surface area contributed by atoms with Gasteiger partial charge in [0.1, 0.15) is 5.75 Å². The predicted octanol–water partition coefficient (Wildman–Crippen LogP) is 4.13. The zero-order valence-electron chi connectivity index (χ0n) is 15.6. The number of nitrogens with zero attached hydrogens (tertiary/aromatic N) is 1. The van der Waals surface area contributed by atoms with Crippen molar-refractivity contribution in [3.05, 3.63) is 53.6 Å². The highest BCUT2D eigenvalue weighted by atomic mass is 19.3. The van der Waals surface area contributed by atoms with E-state index in [0.717, 1.165) is 24.0 Å². The highest BCUT2D eigenvalue weighted by molar-refractivity contribution is 5.77. The van der Waals surface area contributed by atoms with E-state index in [0.29, 0.717) is 13.0 Å². The van der Waals surface area contributed by atoms with E-state index in [4.69, 9.17) is 4.74 Å². The summed E-state index contributed by atoms with van der Waals surface area (Å²) in [6.07, 6.45) is 2.65. The fourth-order valence-corrected chi connectivity index (χ4v) is 3.11. The Balaban J connectivity index is 1.67. The molecular weight excluding hydrogens is 368 g/mol. The molecule has 1 saturated carbocycles. The summed E-state index contributed by atoms with van der Waals surface area (Å²) in [5.74, 6) is 0.352. The van der Waals surface area contributed by atoms with Crippen LogP contribution in [0, 0.1) is 0 Å². The number of hydrogen-bond donors (Lipinski definition) is 1. The zero-order chi connectivity index (χ0) is 20.1. The molecule has 0 aliphatic heterocycles. The summed E-state index contributed by atoms with van der Waals surface area (Å²) >= 11 is 0. The molecule has 1 aliphatic rings. The molecule has 0 radical (unpaired) electrons. The Hall–Kier alpha value is -2.83. The number of hydrogen-bond acceptors (Lipinski definition) is 4. The minimum atomic E-state index is -2.93. The van der Waals surface area contributed by atoms with Gasteiger partial charge in [0, 0.05) is 19.0 Å². The summed E-state index contributed by atoms with van der Waals surface area (Å²) < 4.78 is 34.5. The number of methoxy groups -OCH3 is 1. The number of aryl methyl sites for hydroxylation is 1. The lowest BCUT2D eigenvalue weighted by molar-refractivity contribution is -0.132. The van der Waals surface area contributed by atoms with Crippen molar-refractivity contribution in [3.8, 4) is 17.2 Å². The largest absolute Gasteiger partial charge is 0.508 e. The van der Waals surface area contributed by atoms with Gasteiger partial charge in [0.2, 0.25) is 5.91 Å². The number of alkyl halides is 2. The van der Waals surface area contributed by atoms with Crippen LogP contribution in [0.15, 0.2) is 42.5 Å². The van der Waals surface area contributed by atoms with Gasteiger partial charge in [0.15, 0.2) is 11.5 Å². The SMILES string of the molecule is COc1cc(CN(C(=O)CCc2ccccc2O)C2CC2)ccc1OC(F)F. The number of para-hydroxylation sites is 1. The van der Waals surface area contributed by atoms with Crippen LogP contribution in [0.25, 0.3) is 0 Å². The number of phenolic OH excluding ortho intramolecular Hbond substituents is 1. The van der Waals surface area contributed by atoms with Crippen LogP contribution in [-0.2, 0) is 17.8 Å². The lowest BCUT2D eigenvalue weighted by atomic mass is 10.1. The molecule has 0 aromatic heterocycles. The monoisotopic (exact) mass is 391 g/mol. The third-order valence-electron chi connectivity index (χ3n) is 4.70. The minimum Gasteiger partial charge on any atom is -0.508 e. The zero-order valence-corrected chi connectivity index (χ0v) is 15.6. The summed E-state index contributed by atoms with van der Waals surface area (Å²) in [7, 11) is 1.38. The van der Waals surface area contributed by atoms with Crippen molar-refractivity contribution in [1.29, 1.82) is 0 Å². The van der Waals surface area contributed by atoms with Gasteiger partial charge in [-0.3, -0.25) is 4.79 Å². The second-order valence-corrected chi connectivity index (χ2v) is 6.75. The number of carbonyl (C=O) groups excluding carboxylic acids is 1. The molecular formula is C21H23F2NO4. The predicted molar refractivity (Wildman–Crippen MR) is 99.6 cm³/mol. The maximum absolute atomic E-state index is 12.8. The van der Waals surface area contributed by atoms with Gasteiger partial charge in [-0.05, 0) is 48.6 Å². The van der Waals surface area contributed by atoms with Crippen LogP contribution in [0.2, 0.25) is 0 Å². The van der Waals surface area contributed by atoms with Crippen LogP contribution >= 0.6 is 0 Å². The first-order valence-electron chi connectivity index (χ1n) is 9.16. The van der Waals surface area contributed by atoms with E-state index in [1.54, 1.807) is 30.3 Å². The van der Waals surface area contributed by atoms with Gasteiger partial charge >= 0.3 is 6.61 Å². The summed E-state index contributed by atoms with van der Waals surface area (Å²) in [4.78, 5) is 14.6. The lowest BCUT2D eigenvalue weighted by Crippen LogP contribution is -2.32. The topological polar surface area (TPSA) is 59.0 Å². The molecule has 2 aromatic rings. The summed E-state index contributed by atoms with van der Waals surface area (Å²) in [5.41, 5.74) is 1.52. The Bertz CT molecular complexity index is 824. The number of aromatic hydroxyl groups is 1. The van der Waals surface area contributed by atoms with Crippen LogP contribution in [0.3, 0.4) is 0 Å². The molecule has 3 rings (SSSR count). The maximum Gasteiger partial charge on any atom is 0.387 e. The second-order valence-electron chi connectivity index (χ2n) is 6.75. The van der Waals surface area contributed by atoms with Gasteiger partial charge in [0.05, 0.1) is 7.11 Å². The number of ether oxygens (including phenoxy) is 2. The summed E-state index contributed by atoms with van der Waals surface area (Å²) in [6, 6.07) is 11.9. The fourth-order valence-electron chi connectivity index (χ4n) is 3.11. The van der Waals surface area contributed by atoms with E-state index < -0.39 is 6.61 Å². The third kappa shape index (κ3) is 5.12. The van der Waals surface area contributed by atoms with Crippen molar-refractivity contribution in [2.45, 2.75) is 44.9 Å². The van der Waals surface area contributed by atoms with Gasteiger partial charge in [-0.25, -0.2) is 0 Å². The Morgan fingerprint density at radius 1 is 1.21 bits per heavy atom. The molecule has 0 bridgehead atoms. The van der Waals surface area contributed by atoms with Gasteiger partial charge in [0.25, 0.3) is 0 Å². The van der Waals surface area contributed by atoms with E-state index in [-0.39, 0.29) is 35.6 Å². The number of halogens is 2. The Kier molecular flexibility index (Phi) is 6.34. The van der Waals surface area contributed by atoms with Crippen LogP contribution in [-0.4, -0.2) is 35.7 Å². The highest BCUT2D eigenvalue weighted by Crippen LogP contribution is 2.33. The first-order chi connectivity index (χ1) is 13.5. The maximum atomic E-state index is 12.8.